The van der Waals surface area contributed by atoms with Gasteiger partial charge in [0.25, 0.3) is 0 Å². The Kier molecular flexibility index (Phi) is 5.07. The van der Waals surface area contributed by atoms with Gasteiger partial charge in [-0.25, -0.2) is 4.39 Å². The van der Waals surface area contributed by atoms with Crippen LogP contribution in [0.15, 0.2) is 42.6 Å². The molecule has 142 valence electrons. The van der Waals surface area contributed by atoms with Gasteiger partial charge in [0.1, 0.15) is 11.6 Å². The van der Waals surface area contributed by atoms with E-state index in [0.29, 0.717) is 16.8 Å². The molecule has 0 saturated heterocycles. The van der Waals surface area contributed by atoms with Crippen molar-refractivity contribution in [3.05, 3.63) is 59.5 Å². The van der Waals surface area contributed by atoms with Crippen LogP contribution >= 0.6 is 0 Å². The van der Waals surface area contributed by atoms with E-state index >= 15 is 0 Å². The number of anilines is 1. The normalized spacial score (nSPS) is 11.6. The molecule has 2 aromatic carbocycles. The number of alkyl halides is 3. The highest BCUT2D eigenvalue weighted by Crippen LogP contribution is 2.31. The van der Waals surface area contributed by atoms with Gasteiger partial charge < -0.3 is 15.0 Å². The third-order valence-corrected chi connectivity index (χ3v) is 4.00. The molecule has 1 aromatic heterocycles. The van der Waals surface area contributed by atoms with Crippen molar-refractivity contribution in [2.75, 3.05) is 11.9 Å². The van der Waals surface area contributed by atoms with E-state index in [1.54, 1.807) is 12.1 Å². The fourth-order valence-electron chi connectivity index (χ4n) is 2.73. The van der Waals surface area contributed by atoms with Crippen molar-refractivity contribution in [1.29, 1.82) is 0 Å². The number of hydrogen-bond acceptors (Lipinski definition) is 2. The fraction of sp³-hybridized carbons (Fsp3) is 0.211. The summed E-state index contributed by atoms with van der Waals surface area (Å²) in [5.41, 5.74) is 0.508. The number of aromatic amines is 1. The molecule has 4 nitrogen and oxygen atoms in total. The summed E-state index contributed by atoms with van der Waals surface area (Å²) in [4.78, 5) is 14.1. The van der Waals surface area contributed by atoms with E-state index in [4.69, 9.17) is 4.74 Å². The van der Waals surface area contributed by atoms with Gasteiger partial charge in [-0.1, -0.05) is 6.07 Å². The maximum absolute atomic E-state index is 14.8. The molecular formula is C19H16F4N2O2. The number of rotatable bonds is 5. The summed E-state index contributed by atoms with van der Waals surface area (Å²) in [5.74, 6) is -0.523. The number of benzene rings is 2. The largest absolute Gasteiger partial charge is 0.493 e. The van der Waals surface area contributed by atoms with Gasteiger partial charge in [0, 0.05) is 19.5 Å². The minimum Gasteiger partial charge on any atom is -0.493 e. The quantitative estimate of drug-likeness (QED) is 0.618. The monoisotopic (exact) mass is 380 g/mol. The Labute approximate surface area is 152 Å². The second kappa shape index (κ2) is 7.30. The van der Waals surface area contributed by atoms with Crippen LogP contribution in [0.3, 0.4) is 0 Å². The van der Waals surface area contributed by atoms with E-state index < -0.39 is 17.6 Å². The van der Waals surface area contributed by atoms with E-state index in [1.807, 2.05) is 0 Å². The highest BCUT2D eigenvalue weighted by Gasteiger charge is 2.30. The van der Waals surface area contributed by atoms with Gasteiger partial charge >= 0.3 is 6.18 Å². The summed E-state index contributed by atoms with van der Waals surface area (Å²) in [6, 6.07) is 7.61. The number of carbonyl (C=O) groups excluding carboxylic acids is 1. The number of carbonyl (C=O) groups is 1. The molecule has 0 aliphatic rings. The predicted octanol–water partition coefficient (Wildman–Crippen LogP) is 4.91. The first-order valence-electron chi connectivity index (χ1n) is 8.12. The van der Waals surface area contributed by atoms with Crippen molar-refractivity contribution in [2.45, 2.75) is 19.5 Å². The third kappa shape index (κ3) is 4.21. The van der Waals surface area contributed by atoms with Crippen LogP contribution in [0.1, 0.15) is 18.1 Å². The molecule has 27 heavy (non-hydrogen) atoms. The maximum atomic E-state index is 14.8. The van der Waals surface area contributed by atoms with Crippen molar-refractivity contribution >= 4 is 22.5 Å². The zero-order valence-electron chi connectivity index (χ0n) is 14.3. The molecule has 0 atom stereocenters. The summed E-state index contributed by atoms with van der Waals surface area (Å²) in [7, 11) is 0. The third-order valence-electron chi connectivity index (χ3n) is 4.00. The smallest absolute Gasteiger partial charge is 0.416 e. The molecular weight excluding hydrogens is 364 g/mol. The molecule has 1 amide bonds. The zero-order valence-corrected chi connectivity index (χ0v) is 14.3. The minimum atomic E-state index is -4.40. The fourth-order valence-corrected chi connectivity index (χ4v) is 2.73. The molecule has 0 unspecified atom stereocenters. The van der Waals surface area contributed by atoms with Crippen LogP contribution in [0.25, 0.3) is 10.9 Å². The second-order valence-electron chi connectivity index (χ2n) is 5.97. The Balaban J connectivity index is 1.70. The molecule has 0 bridgehead atoms. The van der Waals surface area contributed by atoms with Crippen LogP contribution in [0.5, 0.6) is 5.75 Å². The summed E-state index contributed by atoms with van der Waals surface area (Å²) in [5, 5.41) is 2.84. The molecule has 0 aliphatic carbocycles. The zero-order chi connectivity index (χ0) is 19.6. The Hall–Kier alpha value is -3.03. The number of ether oxygens (including phenoxy) is 1. The molecule has 0 spiro atoms. The lowest BCUT2D eigenvalue weighted by Crippen LogP contribution is -2.07. The molecule has 0 radical (unpaired) electrons. The van der Waals surface area contributed by atoms with Crippen LogP contribution < -0.4 is 10.1 Å². The van der Waals surface area contributed by atoms with Gasteiger partial charge in [-0.15, -0.1) is 0 Å². The highest BCUT2D eigenvalue weighted by atomic mass is 19.4. The minimum absolute atomic E-state index is 0.0910. The van der Waals surface area contributed by atoms with Crippen LogP contribution in [0.4, 0.5) is 23.2 Å². The standard InChI is InChI=1S/C19H16F4N2O2/c1-11(26)25-16-10-24-15-7-2-12(18(20)17(15)16)8-9-27-14-5-3-13(4-6-14)19(21,22)23/h2-7,10,24H,8-9H2,1H3,(H,25,26). The van der Waals surface area contributed by atoms with E-state index in [2.05, 4.69) is 10.3 Å². The Bertz CT molecular complexity index is 962. The maximum Gasteiger partial charge on any atom is 0.416 e. The Morgan fingerprint density at radius 3 is 2.48 bits per heavy atom. The van der Waals surface area contributed by atoms with Crippen molar-refractivity contribution in [2.24, 2.45) is 0 Å². The van der Waals surface area contributed by atoms with Crippen LogP contribution in [0.2, 0.25) is 0 Å². The van der Waals surface area contributed by atoms with Gasteiger partial charge in [0.15, 0.2) is 0 Å². The van der Waals surface area contributed by atoms with Gasteiger partial charge in [-0.05, 0) is 35.9 Å². The van der Waals surface area contributed by atoms with Crippen LogP contribution in [-0.4, -0.2) is 17.5 Å². The molecule has 3 aromatic rings. The Morgan fingerprint density at radius 1 is 1.15 bits per heavy atom. The molecule has 8 heteroatoms. The first-order valence-corrected chi connectivity index (χ1v) is 8.12. The number of halogens is 4. The number of hydrogen-bond donors (Lipinski definition) is 2. The van der Waals surface area contributed by atoms with Crippen LogP contribution in [0, 0.1) is 5.82 Å². The molecule has 2 N–H and O–H groups in total. The first-order chi connectivity index (χ1) is 12.8. The summed E-state index contributed by atoms with van der Waals surface area (Å²) >= 11 is 0. The Morgan fingerprint density at radius 2 is 1.85 bits per heavy atom. The molecule has 0 aliphatic heterocycles. The van der Waals surface area contributed by atoms with E-state index in [0.717, 1.165) is 12.1 Å². The van der Waals surface area contributed by atoms with Crippen molar-refractivity contribution in [3.63, 3.8) is 0 Å². The van der Waals surface area contributed by atoms with Gasteiger partial charge in [-0.2, -0.15) is 13.2 Å². The number of nitrogens with one attached hydrogen (secondary N) is 2. The molecule has 1 heterocycles. The average Bonchev–Trinajstić information content (AvgIpc) is 2.99. The van der Waals surface area contributed by atoms with Gasteiger partial charge in [0.05, 0.1) is 28.8 Å². The number of amides is 1. The molecule has 3 rings (SSSR count). The number of fused-ring (bicyclic) bond motifs is 1. The van der Waals surface area contributed by atoms with E-state index in [9.17, 15) is 22.4 Å². The molecule has 0 saturated carbocycles. The van der Waals surface area contributed by atoms with Crippen molar-refractivity contribution < 1.29 is 27.1 Å². The number of H-pyrrole nitrogens is 1. The number of aromatic nitrogens is 1. The first kappa shape index (κ1) is 18.8. The highest BCUT2D eigenvalue weighted by molar-refractivity contribution is 6.01. The van der Waals surface area contributed by atoms with Gasteiger partial charge in [-0.3, -0.25) is 4.79 Å². The van der Waals surface area contributed by atoms with E-state index in [-0.39, 0.29) is 30.1 Å². The second-order valence-corrected chi connectivity index (χ2v) is 5.97. The summed E-state index contributed by atoms with van der Waals surface area (Å²) < 4.78 is 57.8. The SMILES string of the molecule is CC(=O)Nc1c[nH]c2ccc(CCOc3ccc(C(F)(F)F)cc3)c(F)c12. The van der Waals surface area contributed by atoms with Crippen molar-refractivity contribution in [3.8, 4) is 5.75 Å². The topological polar surface area (TPSA) is 54.1 Å². The lowest BCUT2D eigenvalue weighted by molar-refractivity contribution is -0.137. The molecule has 0 fully saturated rings. The summed E-state index contributed by atoms with van der Waals surface area (Å²) in [6.07, 6.45) is -2.68. The lowest BCUT2D eigenvalue weighted by atomic mass is 10.1. The van der Waals surface area contributed by atoms with Gasteiger partial charge in [0.2, 0.25) is 5.91 Å². The van der Waals surface area contributed by atoms with Crippen molar-refractivity contribution in [1.82, 2.24) is 4.98 Å². The predicted molar refractivity (Wildman–Crippen MR) is 93.2 cm³/mol. The van der Waals surface area contributed by atoms with Crippen LogP contribution in [-0.2, 0) is 17.4 Å². The van der Waals surface area contributed by atoms with E-state index in [1.165, 1.54) is 25.3 Å². The summed E-state index contributed by atoms with van der Waals surface area (Å²) in [6.45, 7) is 1.42. The average molecular weight is 380 g/mol. The lowest BCUT2D eigenvalue weighted by Gasteiger charge is -2.10.